The van der Waals surface area contributed by atoms with Gasteiger partial charge in [0.2, 0.25) is 0 Å². The Morgan fingerprint density at radius 3 is 2.36 bits per heavy atom. The van der Waals surface area contributed by atoms with Crippen molar-refractivity contribution in [3.05, 3.63) is 0 Å². The lowest BCUT2D eigenvalue weighted by molar-refractivity contribution is -0.139. The first-order valence-corrected chi connectivity index (χ1v) is 4.41. The van der Waals surface area contributed by atoms with Crippen LogP contribution in [0.3, 0.4) is 0 Å². The van der Waals surface area contributed by atoms with Gasteiger partial charge in [0.05, 0.1) is 6.23 Å². The van der Waals surface area contributed by atoms with Crippen molar-refractivity contribution in [2.45, 2.75) is 12.8 Å². The van der Waals surface area contributed by atoms with Gasteiger partial charge < -0.3 is 14.2 Å². The van der Waals surface area contributed by atoms with Crippen LogP contribution in [0.5, 0.6) is 0 Å². The second kappa shape index (κ2) is 6.33. The minimum absolute atomic E-state index is 0.255. The van der Waals surface area contributed by atoms with E-state index in [1.807, 2.05) is 0 Å². The summed E-state index contributed by atoms with van der Waals surface area (Å²) in [6, 6.07) is 0. The van der Waals surface area contributed by atoms with E-state index < -0.39 is 0 Å². The van der Waals surface area contributed by atoms with Crippen LogP contribution in [-0.2, 0) is 19.0 Å². The third kappa shape index (κ3) is 6.02. The fourth-order valence-electron chi connectivity index (χ4n) is 0.474. The van der Waals surface area contributed by atoms with Gasteiger partial charge in [0.1, 0.15) is 5.91 Å². The summed E-state index contributed by atoms with van der Waals surface area (Å²) in [5, 5.41) is 0. The summed E-state index contributed by atoms with van der Waals surface area (Å²) in [5.74, 6) is -0.530. The average Bonchev–Trinajstić information content (AvgIpc) is 1.98. The van der Waals surface area contributed by atoms with Crippen molar-refractivity contribution in [3.8, 4) is 0 Å². The van der Waals surface area contributed by atoms with Crippen molar-refractivity contribution in [2.75, 3.05) is 20.4 Å². The second-order valence-corrected chi connectivity index (χ2v) is 2.96. The molecule has 0 N–H and O–H groups in total. The average molecular weight is 176 g/mol. The normalized spacial score (nSPS) is 10.2. The van der Waals surface area contributed by atoms with E-state index in [-0.39, 0.29) is 11.9 Å². The van der Waals surface area contributed by atoms with E-state index in [4.69, 9.17) is 9.47 Å². The summed E-state index contributed by atoms with van der Waals surface area (Å²) < 4.78 is 14.4. The van der Waals surface area contributed by atoms with Gasteiger partial charge in [-0.3, -0.25) is 4.79 Å². The van der Waals surface area contributed by atoms with Crippen LogP contribution in [0.4, 0.5) is 0 Å². The fraction of sp³-hybridized carbons (Fsp3) is 0.833. The SMILES string of the molecule is COC(OC)[Si]COC(C)=O. The molecule has 0 aliphatic rings. The van der Waals surface area contributed by atoms with Gasteiger partial charge in [-0.2, -0.15) is 0 Å². The number of rotatable bonds is 5. The Morgan fingerprint density at radius 1 is 1.45 bits per heavy atom. The van der Waals surface area contributed by atoms with Gasteiger partial charge in [-0.15, -0.1) is 0 Å². The van der Waals surface area contributed by atoms with Crippen LogP contribution < -0.4 is 0 Å². The number of hydrogen-bond acceptors (Lipinski definition) is 4. The van der Waals surface area contributed by atoms with E-state index in [9.17, 15) is 4.79 Å². The minimum atomic E-state index is -0.275. The van der Waals surface area contributed by atoms with Crippen LogP contribution in [-0.4, -0.2) is 41.9 Å². The molecule has 0 aromatic carbocycles. The highest BCUT2D eigenvalue weighted by Crippen LogP contribution is 1.87. The molecule has 0 aliphatic heterocycles. The molecule has 0 aromatic heterocycles. The van der Waals surface area contributed by atoms with Crippen molar-refractivity contribution < 1.29 is 19.0 Å². The maximum absolute atomic E-state index is 10.3. The van der Waals surface area contributed by atoms with Crippen LogP contribution in [0, 0.1) is 0 Å². The van der Waals surface area contributed by atoms with Gasteiger partial charge in [0.25, 0.3) is 0 Å². The Labute approximate surface area is 68.6 Å². The zero-order valence-corrected chi connectivity index (χ0v) is 7.92. The first kappa shape index (κ1) is 10.6. The summed E-state index contributed by atoms with van der Waals surface area (Å²) >= 11 is 0. The van der Waals surface area contributed by atoms with Crippen LogP contribution in [0.15, 0.2) is 0 Å². The van der Waals surface area contributed by atoms with Crippen LogP contribution in [0.25, 0.3) is 0 Å². The van der Waals surface area contributed by atoms with Gasteiger partial charge in [0, 0.05) is 21.1 Å². The number of esters is 1. The van der Waals surface area contributed by atoms with Crippen LogP contribution in [0.2, 0.25) is 0 Å². The smallest absolute Gasteiger partial charge is 0.302 e. The molecule has 0 aliphatic carbocycles. The molecule has 0 heterocycles. The number of hydrogen-bond donors (Lipinski definition) is 0. The number of methoxy groups -OCH3 is 2. The number of carbonyl (C=O) groups excluding carboxylic acids is 1. The van der Waals surface area contributed by atoms with Crippen LogP contribution >= 0.6 is 0 Å². The Bertz CT molecular complexity index is 113. The molecule has 4 nitrogen and oxygen atoms in total. The molecule has 5 heteroatoms. The standard InChI is InChI=1S/C6H12O4Si/c1-5(7)10-4-11-6(8-2)9-3/h6H,4H2,1-3H3. The zero-order chi connectivity index (χ0) is 8.69. The Morgan fingerprint density at radius 2 is 2.00 bits per heavy atom. The predicted octanol–water partition coefficient (Wildman–Crippen LogP) is -0.212. The first-order valence-electron chi connectivity index (χ1n) is 3.13. The van der Waals surface area contributed by atoms with E-state index in [0.717, 1.165) is 0 Å². The monoisotopic (exact) mass is 176 g/mol. The Hall–Kier alpha value is -0.393. The topological polar surface area (TPSA) is 44.8 Å². The molecule has 64 valence electrons. The highest BCUT2D eigenvalue weighted by Gasteiger charge is 2.06. The molecule has 0 amide bonds. The van der Waals surface area contributed by atoms with Gasteiger partial charge >= 0.3 is 5.97 Å². The predicted molar refractivity (Wildman–Crippen MR) is 40.2 cm³/mol. The molecular weight excluding hydrogens is 164 g/mol. The van der Waals surface area contributed by atoms with Gasteiger partial charge in [-0.1, -0.05) is 0 Å². The number of ether oxygens (including phenoxy) is 3. The van der Waals surface area contributed by atoms with Crippen LogP contribution in [0.1, 0.15) is 6.92 Å². The second-order valence-electron chi connectivity index (χ2n) is 1.79. The summed E-state index contributed by atoms with van der Waals surface area (Å²) in [7, 11) is 3.43. The van der Waals surface area contributed by atoms with Crippen molar-refractivity contribution in [1.29, 1.82) is 0 Å². The molecule has 0 saturated heterocycles. The maximum Gasteiger partial charge on any atom is 0.302 e. The van der Waals surface area contributed by atoms with E-state index >= 15 is 0 Å². The molecule has 2 radical (unpaired) electrons. The van der Waals surface area contributed by atoms with E-state index in [0.29, 0.717) is 15.7 Å². The quantitative estimate of drug-likeness (QED) is 0.330. The summed E-state index contributed by atoms with van der Waals surface area (Å²) in [5.41, 5.74) is 0. The summed E-state index contributed by atoms with van der Waals surface area (Å²) in [6.07, 6.45) is 0.363. The van der Waals surface area contributed by atoms with E-state index in [2.05, 4.69) is 4.74 Å². The van der Waals surface area contributed by atoms with E-state index in [1.165, 1.54) is 6.92 Å². The molecule has 0 spiro atoms. The molecule has 11 heavy (non-hydrogen) atoms. The molecule has 0 saturated carbocycles. The first-order chi connectivity index (χ1) is 5.20. The summed E-state index contributed by atoms with van der Waals surface area (Å²) in [6.45, 7) is 1.37. The Kier molecular flexibility index (Phi) is 6.10. The van der Waals surface area contributed by atoms with Crippen molar-refractivity contribution in [2.24, 2.45) is 0 Å². The lowest BCUT2D eigenvalue weighted by Crippen LogP contribution is -2.26. The molecular formula is C6H12O4Si. The molecule has 0 atom stereocenters. The molecule has 0 fully saturated rings. The minimum Gasteiger partial charge on any atom is -0.470 e. The van der Waals surface area contributed by atoms with Gasteiger partial charge in [-0.05, 0) is 0 Å². The maximum atomic E-state index is 10.3. The highest BCUT2D eigenvalue weighted by atomic mass is 28.2. The summed E-state index contributed by atoms with van der Waals surface area (Å²) in [4.78, 5) is 10.3. The molecule has 0 aromatic rings. The third-order valence-electron chi connectivity index (χ3n) is 0.954. The van der Waals surface area contributed by atoms with Gasteiger partial charge in [0.15, 0.2) is 9.52 Å². The highest BCUT2D eigenvalue weighted by molar-refractivity contribution is 6.36. The number of carbonyl (C=O) groups is 1. The zero-order valence-electron chi connectivity index (χ0n) is 6.92. The molecule has 0 bridgehead atoms. The Balaban J connectivity index is 3.28. The largest absolute Gasteiger partial charge is 0.470 e. The van der Waals surface area contributed by atoms with Crippen molar-refractivity contribution >= 4 is 15.5 Å². The third-order valence-corrected chi connectivity index (χ3v) is 2.07. The fourth-order valence-corrected chi connectivity index (χ4v) is 1.23. The van der Waals surface area contributed by atoms with Gasteiger partial charge in [-0.25, -0.2) is 0 Å². The molecule has 0 rings (SSSR count). The lowest BCUT2D eigenvalue weighted by Gasteiger charge is -2.11. The lowest BCUT2D eigenvalue weighted by atomic mass is 10.8. The van der Waals surface area contributed by atoms with Crippen molar-refractivity contribution in [1.82, 2.24) is 0 Å². The molecule has 0 unspecified atom stereocenters. The van der Waals surface area contributed by atoms with E-state index in [1.54, 1.807) is 14.2 Å². The van der Waals surface area contributed by atoms with Crippen molar-refractivity contribution in [3.63, 3.8) is 0 Å².